The number of rotatable bonds is 3. The summed E-state index contributed by atoms with van der Waals surface area (Å²) in [5.74, 6) is -0.00664. The third-order valence-corrected chi connectivity index (χ3v) is 3.52. The molecule has 2 N–H and O–H groups in total. The summed E-state index contributed by atoms with van der Waals surface area (Å²) in [7, 11) is 0. The second-order valence-corrected chi connectivity index (χ2v) is 5.49. The number of anilines is 1. The van der Waals surface area contributed by atoms with E-state index in [-0.39, 0.29) is 11.4 Å². The number of halogens is 1. The Labute approximate surface area is 137 Å². The molecule has 0 radical (unpaired) electrons. The molecular weight excluding hydrogens is 316 g/mol. The van der Waals surface area contributed by atoms with E-state index in [1.807, 2.05) is 6.92 Å². The van der Waals surface area contributed by atoms with E-state index in [0.29, 0.717) is 16.5 Å². The van der Waals surface area contributed by atoms with E-state index in [4.69, 9.17) is 16.1 Å². The number of aromatic hydroxyl groups is 1. The zero-order chi connectivity index (χ0) is 16.4. The molecule has 2 aromatic carbocycles. The van der Waals surface area contributed by atoms with E-state index in [1.165, 1.54) is 6.07 Å². The van der Waals surface area contributed by atoms with Crippen molar-refractivity contribution in [1.82, 2.24) is 5.16 Å². The zero-order valence-electron chi connectivity index (χ0n) is 12.2. The highest BCUT2D eigenvalue weighted by atomic mass is 35.5. The van der Waals surface area contributed by atoms with Crippen molar-refractivity contribution < 1.29 is 14.4 Å². The summed E-state index contributed by atoms with van der Waals surface area (Å²) in [5.41, 5.74) is 2.10. The van der Waals surface area contributed by atoms with Crippen LogP contribution >= 0.6 is 11.6 Å². The summed E-state index contributed by atoms with van der Waals surface area (Å²) in [5, 5.41) is 16.8. The summed E-state index contributed by atoms with van der Waals surface area (Å²) in [6.07, 6.45) is 0. The van der Waals surface area contributed by atoms with Crippen LogP contribution in [0.3, 0.4) is 0 Å². The molecule has 0 saturated carbocycles. The average molecular weight is 329 g/mol. The number of nitrogens with zero attached hydrogens (tertiary/aromatic N) is 1. The number of benzene rings is 2. The number of carbonyl (C=O) groups is 1. The molecule has 1 heterocycles. The Morgan fingerprint density at radius 3 is 2.61 bits per heavy atom. The molecular formula is C17H13ClN2O3. The van der Waals surface area contributed by atoms with E-state index in [0.717, 1.165) is 11.1 Å². The summed E-state index contributed by atoms with van der Waals surface area (Å²) in [6.45, 7) is 1.85. The number of nitrogens with one attached hydrogen (secondary N) is 1. The Balaban J connectivity index is 1.79. The number of phenolic OH excluding ortho intramolecular Hbond substituents is 1. The molecule has 0 atom stereocenters. The van der Waals surface area contributed by atoms with Crippen molar-refractivity contribution in [2.45, 2.75) is 6.92 Å². The van der Waals surface area contributed by atoms with Crippen molar-refractivity contribution in [2.24, 2.45) is 0 Å². The number of aromatic nitrogens is 1. The minimum Gasteiger partial charge on any atom is -0.506 e. The summed E-state index contributed by atoms with van der Waals surface area (Å²) in [6, 6.07) is 13.5. The van der Waals surface area contributed by atoms with Gasteiger partial charge in [0.15, 0.2) is 11.5 Å². The molecule has 0 saturated heterocycles. The lowest BCUT2D eigenvalue weighted by Gasteiger charge is -2.05. The molecule has 116 valence electrons. The van der Waals surface area contributed by atoms with E-state index in [1.54, 1.807) is 42.5 Å². The van der Waals surface area contributed by atoms with Gasteiger partial charge in [-0.15, -0.1) is 0 Å². The van der Waals surface area contributed by atoms with Crippen LogP contribution in [0.25, 0.3) is 11.3 Å². The average Bonchev–Trinajstić information content (AvgIpc) is 3.01. The number of hydrogen-bond acceptors (Lipinski definition) is 4. The lowest BCUT2D eigenvalue weighted by atomic mass is 10.1. The Hall–Kier alpha value is -2.79. The maximum absolute atomic E-state index is 12.2. The van der Waals surface area contributed by atoms with Gasteiger partial charge >= 0.3 is 0 Å². The van der Waals surface area contributed by atoms with Crippen LogP contribution < -0.4 is 5.32 Å². The van der Waals surface area contributed by atoms with Gasteiger partial charge in [-0.1, -0.05) is 22.8 Å². The highest BCUT2D eigenvalue weighted by Gasteiger charge is 2.15. The second kappa shape index (κ2) is 6.14. The normalized spacial score (nSPS) is 10.5. The first-order chi connectivity index (χ1) is 11.0. The Morgan fingerprint density at radius 2 is 1.91 bits per heavy atom. The van der Waals surface area contributed by atoms with Gasteiger partial charge in [-0.3, -0.25) is 4.79 Å². The number of aryl methyl sites for hydroxylation is 1. The van der Waals surface area contributed by atoms with Gasteiger partial charge in [0.2, 0.25) is 0 Å². The Morgan fingerprint density at radius 1 is 1.17 bits per heavy atom. The van der Waals surface area contributed by atoms with Gasteiger partial charge in [0.25, 0.3) is 5.91 Å². The van der Waals surface area contributed by atoms with Gasteiger partial charge in [0, 0.05) is 16.7 Å². The Kier molecular flexibility index (Phi) is 4.04. The number of phenols is 1. The fourth-order valence-electron chi connectivity index (χ4n) is 2.07. The molecule has 3 aromatic rings. The van der Waals surface area contributed by atoms with E-state index in [9.17, 15) is 9.90 Å². The fraction of sp³-hybridized carbons (Fsp3) is 0.0588. The van der Waals surface area contributed by atoms with Gasteiger partial charge in [0.1, 0.15) is 5.75 Å². The third kappa shape index (κ3) is 3.35. The first-order valence-corrected chi connectivity index (χ1v) is 7.24. The molecule has 6 heteroatoms. The maximum atomic E-state index is 12.2. The first kappa shape index (κ1) is 15.1. The van der Waals surface area contributed by atoms with Gasteiger partial charge in [-0.2, -0.15) is 0 Å². The van der Waals surface area contributed by atoms with Gasteiger partial charge in [-0.05, 0) is 48.9 Å². The van der Waals surface area contributed by atoms with Crippen LogP contribution in [0, 0.1) is 6.92 Å². The smallest absolute Gasteiger partial charge is 0.277 e. The highest BCUT2D eigenvalue weighted by molar-refractivity contribution is 6.30. The summed E-state index contributed by atoms with van der Waals surface area (Å²) >= 11 is 5.84. The standard InChI is InChI=1S/C17H13ClN2O3/c1-10-2-7-13(15(21)8-10)19-17(22)14-9-16(23-20-14)11-3-5-12(18)6-4-11/h2-9,21H,1H3,(H,19,22). The van der Waals surface area contributed by atoms with Gasteiger partial charge in [-0.25, -0.2) is 0 Å². The second-order valence-electron chi connectivity index (χ2n) is 5.06. The molecule has 0 bridgehead atoms. The minimum atomic E-state index is -0.465. The van der Waals surface area contributed by atoms with E-state index in [2.05, 4.69) is 10.5 Å². The molecule has 1 amide bonds. The first-order valence-electron chi connectivity index (χ1n) is 6.86. The van der Waals surface area contributed by atoms with Crippen LogP contribution in [-0.2, 0) is 0 Å². The van der Waals surface area contributed by atoms with E-state index < -0.39 is 5.91 Å². The molecule has 0 spiro atoms. The molecule has 3 rings (SSSR count). The largest absolute Gasteiger partial charge is 0.506 e. The minimum absolute atomic E-state index is 0.000213. The number of carbonyl (C=O) groups excluding carboxylic acids is 1. The van der Waals surface area contributed by atoms with Crippen molar-refractivity contribution in [1.29, 1.82) is 0 Å². The van der Waals surface area contributed by atoms with Crippen LogP contribution in [0.4, 0.5) is 5.69 Å². The summed E-state index contributed by atoms with van der Waals surface area (Å²) in [4.78, 5) is 12.2. The van der Waals surface area contributed by atoms with Crippen molar-refractivity contribution in [3.63, 3.8) is 0 Å². The molecule has 0 fully saturated rings. The van der Waals surface area contributed by atoms with Crippen LogP contribution in [0.15, 0.2) is 53.1 Å². The van der Waals surface area contributed by atoms with Crippen molar-refractivity contribution in [3.05, 3.63) is 64.8 Å². The van der Waals surface area contributed by atoms with E-state index >= 15 is 0 Å². The third-order valence-electron chi connectivity index (χ3n) is 3.27. The molecule has 0 aliphatic heterocycles. The zero-order valence-corrected chi connectivity index (χ0v) is 13.0. The predicted molar refractivity (Wildman–Crippen MR) is 87.7 cm³/mol. The lowest BCUT2D eigenvalue weighted by Crippen LogP contribution is -2.12. The SMILES string of the molecule is Cc1ccc(NC(=O)c2cc(-c3ccc(Cl)cc3)on2)c(O)c1. The molecule has 0 aliphatic rings. The molecule has 1 aromatic heterocycles. The Bertz CT molecular complexity index is 857. The van der Waals surface area contributed by atoms with Crippen LogP contribution in [0.1, 0.15) is 16.1 Å². The quantitative estimate of drug-likeness (QED) is 0.704. The van der Waals surface area contributed by atoms with Crippen molar-refractivity contribution in [3.8, 4) is 17.1 Å². The highest BCUT2D eigenvalue weighted by Crippen LogP contribution is 2.26. The fourth-order valence-corrected chi connectivity index (χ4v) is 2.19. The number of amides is 1. The van der Waals surface area contributed by atoms with Gasteiger partial charge in [0.05, 0.1) is 5.69 Å². The monoisotopic (exact) mass is 328 g/mol. The van der Waals surface area contributed by atoms with Gasteiger partial charge < -0.3 is 14.9 Å². The molecule has 0 unspecified atom stereocenters. The van der Waals surface area contributed by atoms with Crippen LogP contribution in [-0.4, -0.2) is 16.2 Å². The maximum Gasteiger partial charge on any atom is 0.277 e. The van der Waals surface area contributed by atoms with Crippen molar-refractivity contribution >= 4 is 23.2 Å². The van der Waals surface area contributed by atoms with Crippen LogP contribution in [0.5, 0.6) is 5.75 Å². The predicted octanol–water partition coefficient (Wildman–Crippen LogP) is 4.26. The topological polar surface area (TPSA) is 75.4 Å². The lowest BCUT2D eigenvalue weighted by molar-refractivity contribution is 0.101. The number of hydrogen-bond donors (Lipinski definition) is 2. The molecule has 23 heavy (non-hydrogen) atoms. The molecule has 5 nitrogen and oxygen atoms in total. The summed E-state index contributed by atoms with van der Waals surface area (Å²) < 4.78 is 5.18. The van der Waals surface area contributed by atoms with Crippen LogP contribution in [0.2, 0.25) is 5.02 Å². The molecule has 0 aliphatic carbocycles. The van der Waals surface area contributed by atoms with Crippen molar-refractivity contribution in [2.75, 3.05) is 5.32 Å².